The summed E-state index contributed by atoms with van der Waals surface area (Å²) < 4.78 is 5.46. The van der Waals surface area contributed by atoms with Gasteiger partial charge in [0, 0.05) is 32.1 Å². The van der Waals surface area contributed by atoms with Gasteiger partial charge in [-0.25, -0.2) is 0 Å². The summed E-state index contributed by atoms with van der Waals surface area (Å²) in [5.41, 5.74) is 2.84. The molecule has 0 fully saturated rings. The number of carbonyl (C=O) groups excluding carboxylic acids is 2. The molecule has 0 heterocycles. The largest absolute Gasteiger partial charge is 0.490 e. The Morgan fingerprint density at radius 3 is 2.27 bits per heavy atom. The molecule has 0 unspecified atom stereocenters. The third kappa shape index (κ3) is 7.07. The van der Waals surface area contributed by atoms with Gasteiger partial charge in [-0.05, 0) is 40.8 Å². The molecule has 30 heavy (non-hydrogen) atoms. The van der Waals surface area contributed by atoms with E-state index >= 15 is 0 Å². The molecule has 0 aliphatic carbocycles. The summed E-state index contributed by atoms with van der Waals surface area (Å²) in [5, 5.41) is 2.82. The lowest BCUT2D eigenvalue weighted by molar-refractivity contribution is -0.130. The minimum atomic E-state index is -0.166. The van der Waals surface area contributed by atoms with Gasteiger partial charge in [-0.2, -0.15) is 0 Å². The Kier molecular flexibility index (Phi) is 8.22. The van der Waals surface area contributed by atoms with Crippen molar-refractivity contribution >= 4 is 11.8 Å². The lowest BCUT2D eigenvalue weighted by Gasteiger charge is -2.19. The lowest BCUT2D eigenvalue weighted by Crippen LogP contribution is -2.31. The van der Waals surface area contributed by atoms with E-state index in [1.165, 1.54) is 5.56 Å². The van der Waals surface area contributed by atoms with Crippen LogP contribution in [0.2, 0.25) is 0 Å². The van der Waals surface area contributed by atoms with Crippen LogP contribution in [-0.4, -0.2) is 36.9 Å². The highest BCUT2D eigenvalue weighted by Crippen LogP contribution is 2.22. The highest BCUT2D eigenvalue weighted by Gasteiger charge is 2.15. The first-order chi connectivity index (χ1) is 14.2. The van der Waals surface area contributed by atoms with Gasteiger partial charge in [0.25, 0.3) is 5.91 Å². The van der Waals surface area contributed by atoms with E-state index in [2.05, 4.69) is 32.7 Å². The van der Waals surface area contributed by atoms with Crippen molar-refractivity contribution in [2.75, 3.05) is 20.2 Å². The molecule has 5 heteroatoms. The Labute approximate surface area is 179 Å². The molecule has 0 saturated heterocycles. The summed E-state index contributed by atoms with van der Waals surface area (Å²) in [6, 6.07) is 15.2. The van der Waals surface area contributed by atoms with Gasteiger partial charge in [0.2, 0.25) is 5.91 Å². The van der Waals surface area contributed by atoms with E-state index in [0.717, 1.165) is 11.3 Å². The van der Waals surface area contributed by atoms with E-state index < -0.39 is 0 Å². The fourth-order valence-corrected chi connectivity index (χ4v) is 2.91. The molecule has 0 atom stereocenters. The Morgan fingerprint density at radius 2 is 1.70 bits per heavy atom. The van der Waals surface area contributed by atoms with E-state index in [1.807, 2.05) is 48.5 Å². The molecule has 0 aliphatic rings. The number of nitrogens with zero attached hydrogens (tertiary/aromatic N) is 1. The molecular weight excluding hydrogens is 376 g/mol. The molecule has 2 aromatic rings. The summed E-state index contributed by atoms with van der Waals surface area (Å²) in [4.78, 5) is 26.3. The third-order valence-corrected chi connectivity index (χ3v) is 4.77. The molecule has 0 aromatic heterocycles. The molecule has 2 aromatic carbocycles. The molecule has 2 amide bonds. The Bertz CT molecular complexity index is 849. The summed E-state index contributed by atoms with van der Waals surface area (Å²) in [6.45, 7) is 11.3. The lowest BCUT2D eigenvalue weighted by atomic mass is 9.87. The van der Waals surface area contributed by atoms with Gasteiger partial charge in [0.05, 0.1) is 0 Å². The van der Waals surface area contributed by atoms with Crippen LogP contribution in [0.25, 0.3) is 0 Å². The average molecular weight is 409 g/mol. The second-order valence-corrected chi connectivity index (χ2v) is 8.33. The first-order valence-corrected chi connectivity index (χ1v) is 10.2. The van der Waals surface area contributed by atoms with Crippen molar-refractivity contribution in [3.8, 4) is 5.75 Å². The van der Waals surface area contributed by atoms with E-state index in [9.17, 15) is 9.59 Å². The predicted molar refractivity (Wildman–Crippen MR) is 121 cm³/mol. The monoisotopic (exact) mass is 408 g/mol. The Morgan fingerprint density at radius 1 is 1.07 bits per heavy atom. The van der Waals surface area contributed by atoms with Gasteiger partial charge in [-0.3, -0.25) is 9.59 Å². The van der Waals surface area contributed by atoms with Gasteiger partial charge < -0.3 is 15.0 Å². The van der Waals surface area contributed by atoms with Crippen LogP contribution in [0.1, 0.15) is 48.7 Å². The third-order valence-electron chi connectivity index (χ3n) is 4.77. The van der Waals surface area contributed by atoms with Crippen LogP contribution < -0.4 is 10.1 Å². The van der Waals surface area contributed by atoms with E-state index in [1.54, 1.807) is 18.0 Å². The van der Waals surface area contributed by atoms with Gasteiger partial charge in [0.1, 0.15) is 12.4 Å². The van der Waals surface area contributed by atoms with Crippen molar-refractivity contribution in [3.05, 3.63) is 77.9 Å². The topological polar surface area (TPSA) is 58.6 Å². The predicted octanol–water partition coefficient (Wildman–Crippen LogP) is 4.33. The highest BCUT2D eigenvalue weighted by atomic mass is 16.5. The maximum atomic E-state index is 12.4. The number of ether oxygens (including phenoxy) is 1. The number of rotatable bonds is 9. The smallest absolute Gasteiger partial charge is 0.251 e. The average Bonchev–Trinajstić information content (AvgIpc) is 2.72. The van der Waals surface area contributed by atoms with Gasteiger partial charge in [-0.1, -0.05) is 57.7 Å². The van der Waals surface area contributed by atoms with Crippen molar-refractivity contribution < 1.29 is 14.3 Å². The maximum Gasteiger partial charge on any atom is 0.251 e. The first-order valence-electron chi connectivity index (χ1n) is 10.2. The minimum absolute atomic E-state index is 0.0228. The molecule has 1 N–H and O–H groups in total. The van der Waals surface area contributed by atoms with Crippen molar-refractivity contribution in [1.82, 2.24) is 10.2 Å². The normalized spacial score (nSPS) is 10.9. The quantitative estimate of drug-likeness (QED) is 0.629. The second kappa shape index (κ2) is 10.6. The number of carbonyl (C=O) groups is 2. The van der Waals surface area contributed by atoms with Crippen molar-refractivity contribution in [2.45, 2.75) is 39.2 Å². The van der Waals surface area contributed by atoms with Gasteiger partial charge in [-0.15, -0.1) is 0 Å². The summed E-state index contributed by atoms with van der Waals surface area (Å²) in [7, 11) is 1.76. The number of amides is 2. The number of hydrogen-bond acceptors (Lipinski definition) is 3. The zero-order valence-corrected chi connectivity index (χ0v) is 18.4. The highest BCUT2D eigenvalue weighted by molar-refractivity contribution is 5.94. The van der Waals surface area contributed by atoms with E-state index in [4.69, 9.17) is 4.74 Å². The Hall–Kier alpha value is -3.08. The zero-order valence-electron chi connectivity index (χ0n) is 18.4. The van der Waals surface area contributed by atoms with Gasteiger partial charge >= 0.3 is 0 Å². The Balaban J connectivity index is 1.78. The van der Waals surface area contributed by atoms with E-state index in [0.29, 0.717) is 25.3 Å². The molecule has 0 bridgehead atoms. The first kappa shape index (κ1) is 23.2. The number of nitrogens with one attached hydrogen (secondary N) is 1. The fourth-order valence-electron chi connectivity index (χ4n) is 2.91. The molecule has 160 valence electrons. The molecular formula is C25H32N2O3. The molecule has 0 aliphatic heterocycles. The number of benzene rings is 2. The molecule has 0 radical (unpaired) electrons. The van der Waals surface area contributed by atoms with Crippen LogP contribution in [0.4, 0.5) is 0 Å². The van der Waals surface area contributed by atoms with Crippen LogP contribution in [0.15, 0.2) is 61.2 Å². The standard InChI is InChI=1S/C25H32N2O3/c1-6-17-30-22-13-7-19(8-14-22)18-27(5)23(28)15-16-26-24(29)20-9-11-21(12-10-20)25(2,3)4/h6-14H,1,15-18H2,2-5H3,(H,26,29). The van der Waals surface area contributed by atoms with Crippen LogP contribution in [0, 0.1) is 0 Å². The van der Waals surface area contributed by atoms with Crippen LogP contribution >= 0.6 is 0 Å². The molecule has 2 rings (SSSR count). The van der Waals surface area contributed by atoms with Crippen LogP contribution in [0.3, 0.4) is 0 Å². The fraction of sp³-hybridized carbons (Fsp3) is 0.360. The summed E-state index contributed by atoms with van der Waals surface area (Å²) >= 11 is 0. The molecule has 0 spiro atoms. The van der Waals surface area contributed by atoms with Gasteiger partial charge in [0.15, 0.2) is 0 Å². The molecule has 5 nitrogen and oxygen atoms in total. The van der Waals surface area contributed by atoms with Crippen LogP contribution in [-0.2, 0) is 16.8 Å². The summed E-state index contributed by atoms with van der Waals surface area (Å²) in [6.07, 6.45) is 1.95. The molecule has 0 saturated carbocycles. The van der Waals surface area contributed by atoms with E-state index in [-0.39, 0.29) is 23.7 Å². The van der Waals surface area contributed by atoms with Crippen molar-refractivity contribution in [2.24, 2.45) is 0 Å². The summed E-state index contributed by atoms with van der Waals surface area (Å²) in [5.74, 6) is 0.581. The van der Waals surface area contributed by atoms with Crippen molar-refractivity contribution in [1.29, 1.82) is 0 Å². The van der Waals surface area contributed by atoms with Crippen LogP contribution in [0.5, 0.6) is 5.75 Å². The minimum Gasteiger partial charge on any atom is -0.490 e. The number of hydrogen-bond donors (Lipinski definition) is 1. The maximum absolute atomic E-state index is 12.4. The SMILES string of the molecule is C=CCOc1ccc(CN(C)C(=O)CCNC(=O)c2ccc(C(C)(C)C)cc2)cc1. The zero-order chi connectivity index (χ0) is 22.1. The second-order valence-electron chi connectivity index (χ2n) is 8.33. The van der Waals surface area contributed by atoms with Crippen molar-refractivity contribution in [3.63, 3.8) is 0 Å².